The van der Waals surface area contributed by atoms with E-state index < -0.39 is 23.2 Å². The lowest BCUT2D eigenvalue weighted by Crippen LogP contribution is -2.33. The summed E-state index contributed by atoms with van der Waals surface area (Å²) in [6.45, 7) is 5.31. The Morgan fingerprint density at radius 3 is 2.48 bits per heavy atom. The predicted molar refractivity (Wildman–Crippen MR) is 94.4 cm³/mol. The number of amides is 1. The van der Waals surface area contributed by atoms with Gasteiger partial charge in [0.05, 0.1) is 0 Å². The monoisotopic (exact) mass is 344 g/mol. The Labute approximate surface area is 146 Å². The van der Waals surface area contributed by atoms with Crippen molar-refractivity contribution in [3.05, 3.63) is 65.2 Å². The molecule has 0 aliphatic carbocycles. The smallest absolute Gasteiger partial charge is 0.255 e. The molecule has 3 rings (SSSR count). The summed E-state index contributed by atoms with van der Waals surface area (Å²) in [5, 5.41) is 2.30. The molecule has 3 nitrogen and oxygen atoms in total. The van der Waals surface area contributed by atoms with Gasteiger partial charge in [0.15, 0.2) is 0 Å². The van der Waals surface area contributed by atoms with Gasteiger partial charge in [0, 0.05) is 18.7 Å². The van der Waals surface area contributed by atoms with Gasteiger partial charge in [-0.15, -0.1) is 0 Å². The van der Waals surface area contributed by atoms with Crippen LogP contribution in [0.2, 0.25) is 0 Å². The maximum absolute atomic E-state index is 13.6. The number of nitrogens with zero attached hydrogens (tertiary/aromatic N) is 1. The molecule has 5 heteroatoms. The number of hydrogen-bond acceptors (Lipinski definition) is 2. The molecule has 0 radical (unpaired) electrons. The molecule has 1 N–H and O–H groups in total. The number of halogens is 2. The van der Waals surface area contributed by atoms with Crippen LogP contribution in [0.3, 0.4) is 0 Å². The zero-order chi connectivity index (χ0) is 17.8. The van der Waals surface area contributed by atoms with Crippen molar-refractivity contribution in [3.8, 4) is 0 Å². The van der Waals surface area contributed by atoms with Crippen LogP contribution >= 0.6 is 0 Å². The van der Waals surface area contributed by atoms with Crippen molar-refractivity contribution in [2.24, 2.45) is 5.92 Å². The molecule has 0 spiro atoms. The fourth-order valence-electron chi connectivity index (χ4n) is 3.25. The summed E-state index contributed by atoms with van der Waals surface area (Å²) in [7, 11) is 0. The lowest BCUT2D eigenvalue weighted by molar-refractivity contribution is 0.102. The van der Waals surface area contributed by atoms with E-state index in [0.29, 0.717) is 5.56 Å². The minimum atomic E-state index is -0.788. The lowest BCUT2D eigenvalue weighted by atomic mass is 9.99. The first kappa shape index (κ1) is 17.5. The molecule has 1 aliphatic heterocycles. The Morgan fingerprint density at radius 2 is 1.84 bits per heavy atom. The van der Waals surface area contributed by atoms with Gasteiger partial charge in [-0.2, -0.15) is 0 Å². The summed E-state index contributed by atoms with van der Waals surface area (Å²) < 4.78 is 27.2. The normalized spacial score (nSPS) is 18.1. The lowest BCUT2D eigenvalue weighted by Gasteiger charge is -2.30. The average Bonchev–Trinajstić information content (AvgIpc) is 2.59. The van der Waals surface area contributed by atoms with Crippen LogP contribution in [-0.2, 0) is 6.54 Å². The molecule has 132 valence electrons. The molecule has 1 aliphatic rings. The number of benzene rings is 2. The third kappa shape index (κ3) is 4.42. The van der Waals surface area contributed by atoms with Crippen LogP contribution in [0.25, 0.3) is 0 Å². The molecule has 2 aromatic rings. The topological polar surface area (TPSA) is 32.3 Å². The molecule has 1 fully saturated rings. The second-order valence-electron chi connectivity index (χ2n) is 6.73. The summed E-state index contributed by atoms with van der Waals surface area (Å²) in [6.07, 6.45) is 2.50. The first-order valence-corrected chi connectivity index (χ1v) is 8.59. The van der Waals surface area contributed by atoms with Gasteiger partial charge in [-0.3, -0.25) is 9.69 Å². The van der Waals surface area contributed by atoms with Gasteiger partial charge >= 0.3 is 0 Å². The minimum Gasteiger partial charge on any atom is -0.317 e. The van der Waals surface area contributed by atoms with Gasteiger partial charge in [0.1, 0.15) is 17.3 Å². The van der Waals surface area contributed by atoms with E-state index in [4.69, 9.17) is 0 Å². The van der Waals surface area contributed by atoms with Crippen LogP contribution in [0.4, 0.5) is 14.5 Å². The van der Waals surface area contributed by atoms with E-state index in [-0.39, 0.29) is 0 Å². The van der Waals surface area contributed by atoms with E-state index in [2.05, 4.69) is 17.1 Å². The van der Waals surface area contributed by atoms with Crippen LogP contribution in [0.5, 0.6) is 0 Å². The second kappa shape index (κ2) is 7.74. The highest BCUT2D eigenvalue weighted by molar-refractivity contribution is 6.04. The van der Waals surface area contributed by atoms with Gasteiger partial charge < -0.3 is 5.32 Å². The number of para-hydroxylation sites is 1. The number of rotatable bonds is 4. The third-order valence-corrected chi connectivity index (χ3v) is 4.56. The molecule has 1 unspecified atom stereocenters. The zero-order valence-electron chi connectivity index (χ0n) is 14.3. The number of anilines is 1. The summed E-state index contributed by atoms with van der Waals surface area (Å²) in [5.41, 5.74) is 1.08. The van der Waals surface area contributed by atoms with Crippen LogP contribution in [-0.4, -0.2) is 23.9 Å². The summed E-state index contributed by atoms with van der Waals surface area (Å²) in [5.74, 6) is -1.38. The summed E-state index contributed by atoms with van der Waals surface area (Å²) >= 11 is 0. The fraction of sp³-hybridized carbons (Fsp3) is 0.350. The molecule has 1 heterocycles. The molecule has 2 aromatic carbocycles. The first-order chi connectivity index (χ1) is 12.0. The molecular weight excluding hydrogens is 322 g/mol. The zero-order valence-corrected chi connectivity index (χ0v) is 14.3. The standard InChI is InChI=1S/C20H22F2N2O/c1-14-4-3-11-24(12-14)13-15-7-9-16(10-8-15)20(25)23-19-17(21)5-2-6-18(19)22/h2,5-10,14H,3-4,11-13H2,1H3,(H,23,25). The number of hydrogen-bond donors (Lipinski definition) is 1. The Bertz CT molecular complexity index is 726. The van der Waals surface area contributed by atoms with Crippen LogP contribution in [0.1, 0.15) is 35.7 Å². The van der Waals surface area contributed by atoms with Gasteiger partial charge in [0.2, 0.25) is 0 Å². The highest BCUT2D eigenvalue weighted by atomic mass is 19.1. The fourth-order valence-corrected chi connectivity index (χ4v) is 3.25. The van der Waals surface area contributed by atoms with E-state index in [9.17, 15) is 13.6 Å². The van der Waals surface area contributed by atoms with Crippen molar-refractivity contribution < 1.29 is 13.6 Å². The SMILES string of the molecule is CC1CCCN(Cc2ccc(C(=O)Nc3c(F)cccc3F)cc2)C1. The maximum atomic E-state index is 13.6. The van der Waals surface area contributed by atoms with Crippen molar-refractivity contribution in [1.29, 1.82) is 0 Å². The Hall–Kier alpha value is -2.27. The summed E-state index contributed by atoms with van der Waals surface area (Å²) in [6, 6.07) is 10.7. The Morgan fingerprint density at radius 1 is 1.16 bits per heavy atom. The van der Waals surface area contributed by atoms with Crippen LogP contribution < -0.4 is 5.32 Å². The largest absolute Gasteiger partial charge is 0.317 e. The molecule has 0 saturated carbocycles. The molecule has 1 saturated heterocycles. The van der Waals surface area contributed by atoms with Crippen molar-refractivity contribution >= 4 is 11.6 Å². The van der Waals surface area contributed by atoms with E-state index in [1.54, 1.807) is 12.1 Å². The van der Waals surface area contributed by atoms with Crippen LogP contribution in [0, 0.1) is 17.6 Å². The van der Waals surface area contributed by atoms with E-state index >= 15 is 0 Å². The number of carbonyl (C=O) groups is 1. The maximum Gasteiger partial charge on any atom is 0.255 e. The number of likely N-dealkylation sites (tertiary alicyclic amines) is 1. The minimum absolute atomic E-state index is 0.374. The number of nitrogens with one attached hydrogen (secondary N) is 1. The molecule has 25 heavy (non-hydrogen) atoms. The molecule has 1 amide bonds. The van der Waals surface area contributed by atoms with E-state index in [1.165, 1.54) is 18.9 Å². The first-order valence-electron chi connectivity index (χ1n) is 8.59. The highest BCUT2D eigenvalue weighted by Gasteiger charge is 2.17. The van der Waals surface area contributed by atoms with Crippen molar-refractivity contribution in [2.75, 3.05) is 18.4 Å². The van der Waals surface area contributed by atoms with E-state index in [1.807, 2.05) is 12.1 Å². The third-order valence-electron chi connectivity index (χ3n) is 4.56. The average molecular weight is 344 g/mol. The van der Waals surface area contributed by atoms with Crippen LogP contribution in [0.15, 0.2) is 42.5 Å². The number of piperidine rings is 1. The molecule has 0 aromatic heterocycles. The van der Waals surface area contributed by atoms with Gasteiger partial charge in [-0.1, -0.05) is 25.1 Å². The summed E-state index contributed by atoms with van der Waals surface area (Å²) in [4.78, 5) is 14.6. The van der Waals surface area contributed by atoms with E-state index in [0.717, 1.165) is 43.2 Å². The molecule has 0 bridgehead atoms. The Kier molecular flexibility index (Phi) is 5.43. The Balaban J connectivity index is 1.64. The van der Waals surface area contributed by atoms with Gasteiger partial charge in [-0.25, -0.2) is 8.78 Å². The van der Waals surface area contributed by atoms with Gasteiger partial charge in [0.25, 0.3) is 5.91 Å². The molecular formula is C20H22F2N2O. The van der Waals surface area contributed by atoms with Crippen molar-refractivity contribution in [2.45, 2.75) is 26.3 Å². The van der Waals surface area contributed by atoms with Crippen molar-refractivity contribution in [3.63, 3.8) is 0 Å². The molecule has 1 atom stereocenters. The second-order valence-corrected chi connectivity index (χ2v) is 6.73. The van der Waals surface area contributed by atoms with Gasteiger partial charge in [-0.05, 0) is 55.1 Å². The van der Waals surface area contributed by atoms with Crippen molar-refractivity contribution in [1.82, 2.24) is 4.90 Å². The quantitative estimate of drug-likeness (QED) is 0.889. The predicted octanol–water partition coefficient (Wildman–Crippen LogP) is 4.45. The number of carbonyl (C=O) groups excluding carboxylic acids is 1. The highest BCUT2D eigenvalue weighted by Crippen LogP contribution is 2.20.